The van der Waals surface area contributed by atoms with Gasteiger partial charge in [0.1, 0.15) is 0 Å². The van der Waals surface area contributed by atoms with E-state index in [9.17, 15) is 18.4 Å². The molecular formula is C17H12F2O4. The van der Waals surface area contributed by atoms with Crippen molar-refractivity contribution in [2.24, 2.45) is 0 Å². The number of fused-ring (bicyclic) bond motifs is 2. The zero-order valence-corrected chi connectivity index (χ0v) is 12.6. The summed E-state index contributed by atoms with van der Waals surface area (Å²) in [6, 6.07) is 3.42. The minimum atomic E-state index is -0.775. The number of ether oxygens (including phenoxy) is 2. The summed E-state index contributed by atoms with van der Waals surface area (Å²) in [7, 11) is 2.39. The predicted octanol–water partition coefficient (Wildman–Crippen LogP) is 3.07. The van der Waals surface area contributed by atoms with Crippen LogP contribution < -0.4 is 9.47 Å². The molecule has 6 heteroatoms. The summed E-state index contributed by atoms with van der Waals surface area (Å²) in [5.74, 6) is -3.41. The average Bonchev–Trinajstić information content (AvgIpc) is 2.51. The fraction of sp³-hybridized carbons (Fsp3) is 0.176. The van der Waals surface area contributed by atoms with Gasteiger partial charge in [-0.3, -0.25) is 9.59 Å². The number of aryl methyl sites for hydroxylation is 1. The maximum atomic E-state index is 14.1. The zero-order chi connectivity index (χ0) is 16.9. The van der Waals surface area contributed by atoms with Crippen molar-refractivity contribution in [3.8, 4) is 11.5 Å². The van der Waals surface area contributed by atoms with E-state index >= 15 is 0 Å². The number of hydrogen-bond donors (Lipinski definition) is 0. The van der Waals surface area contributed by atoms with Crippen molar-refractivity contribution in [1.82, 2.24) is 0 Å². The van der Waals surface area contributed by atoms with Gasteiger partial charge in [0.2, 0.25) is 5.78 Å². The molecule has 2 aromatic rings. The maximum Gasteiger partial charge on any atom is 0.202 e. The maximum absolute atomic E-state index is 14.1. The van der Waals surface area contributed by atoms with Crippen LogP contribution in [0.4, 0.5) is 8.78 Å². The molecule has 23 heavy (non-hydrogen) atoms. The first-order valence-corrected chi connectivity index (χ1v) is 6.75. The van der Waals surface area contributed by atoms with Crippen molar-refractivity contribution in [2.45, 2.75) is 6.92 Å². The number of ketones is 2. The Balaban J connectivity index is 2.43. The first-order valence-electron chi connectivity index (χ1n) is 6.75. The second-order valence-electron chi connectivity index (χ2n) is 5.12. The number of methoxy groups -OCH3 is 2. The van der Waals surface area contributed by atoms with Gasteiger partial charge in [-0.15, -0.1) is 0 Å². The number of carbonyl (C=O) groups excluding carboxylic acids is 2. The molecule has 0 aliphatic heterocycles. The van der Waals surface area contributed by atoms with E-state index in [-0.39, 0.29) is 33.8 Å². The smallest absolute Gasteiger partial charge is 0.202 e. The van der Waals surface area contributed by atoms with E-state index in [1.54, 1.807) is 0 Å². The van der Waals surface area contributed by atoms with E-state index in [0.29, 0.717) is 5.56 Å². The third-order valence-electron chi connectivity index (χ3n) is 3.88. The van der Waals surface area contributed by atoms with E-state index in [4.69, 9.17) is 9.47 Å². The lowest BCUT2D eigenvalue weighted by Crippen LogP contribution is -2.24. The van der Waals surface area contributed by atoms with Crippen LogP contribution in [0.25, 0.3) is 0 Å². The number of benzene rings is 2. The van der Waals surface area contributed by atoms with Crippen molar-refractivity contribution >= 4 is 11.6 Å². The molecular weight excluding hydrogens is 306 g/mol. The number of rotatable bonds is 2. The number of hydrogen-bond acceptors (Lipinski definition) is 4. The van der Waals surface area contributed by atoms with E-state index < -0.39 is 23.2 Å². The van der Waals surface area contributed by atoms with Gasteiger partial charge in [-0.2, -0.15) is 0 Å². The number of halogens is 2. The van der Waals surface area contributed by atoms with Crippen molar-refractivity contribution in [3.05, 3.63) is 57.7 Å². The minimum Gasteiger partial charge on any atom is -0.493 e. The van der Waals surface area contributed by atoms with E-state index in [1.165, 1.54) is 27.2 Å². The van der Waals surface area contributed by atoms with Gasteiger partial charge < -0.3 is 9.47 Å². The summed E-state index contributed by atoms with van der Waals surface area (Å²) >= 11 is 0. The van der Waals surface area contributed by atoms with Gasteiger partial charge >= 0.3 is 0 Å². The Morgan fingerprint density at radius 1 is 0.826 bits per heavy atom. The highest BCUT2D eigenvalue weighted by molar-refractivity contribution is 6.30. The molecule has 0 atom stereocenters. The summed E-state index contributed by atoms with van der Waals surface area (Å²) in [6.45, 7) is 1.53. The molecule has 0 bridgehead atoms. The second-order valence-corrected chi connectivity index (χ2v) is 5.12. The van der Waals surface area contributed by atoms with Gasteiger partial charge in [0.05, 0.1) is 25.3 Å². The summed E-state index contributed by atoms with van der Waals surface area (Å²) in [5, 5.41) is 0. The molecule has 0 unspecified atom stereocenters. The van der Waals surface area contributed by atoms with Gasteiger partial charge in [0.15, 0.2) is 28.9 Å². The molecule has 0 N–H and O–H groups in total. The predicted molar refractivity (Wildman–Crippen MR) is 77.5 cm³/mol. The molecule has 0 fully saturated rings. The normalized spacial score (nSPS) is 12.7. The molecule has 2 aromatic carbocycles. The van der Waals surface area contributed by atoms with Crippen LogP contribution in [0.2, 0.25) is 0 Å². The van der Waals surface area contributed by atoms with Gasteiger partial charge in [-0.05, 0) is 30.7 Å². The van der Waals surface area contributed by atoms with Crippen LogP contribution in [-0.2, 0) is 0 Å². The zero-order valence-electron chi connectivity index (χ0n) is 12.6. The van der Waals surface area contributed by atoms with Crippen molar-refractivity contribution < 1.29 is 27.8 Å². The monoisotopic (exact) mass is 318 g/mol. The van der Waals surface area contributed by atoms with Gasteiger partial charge in [0.25, 0.3) is 0 Å². The first kappa shape index (κ1) is 15.1. The number of carbonyl (C=O) groups is 2. The molecule has 0 heterocycles. The van der Waals surface area contributed by atoms with Crippen LogP contribution >= 0.6 is 0 Å². The Hall–Kier alpha value is -2.76. The lowest BCUT2D eigenvalue weighted by Gasteiger charge is -2.23. The third kappa shape index (κ3) is 1.94. The third-order valence-corrected chi connectivity index (χ3v) is 3.88. The Kier molecular flexibility index (Phi) is 3.39. The molecule has 0 saturated carbocycles. The van der Waals surface area contributed by atoms with Crippen molar-refractivity contribution in [2.75, 3.05) is 14.2 Å². The Morgan fingerprint density at radius 2 is 1.43 bits per heavy atom. The lowest BCUT2D eigenvalue weighted by atomic mass is 9.81. The van der Waals surface area contributed by atoms with Crippen molar-refractivity contribution in [3.63, 3.8) is 0 Å². The van der Waals surface area contributed by atoms with Gasteiger partial charge in [0, 0.05) is 11.1 Å². The van der Waals surface area contributed by atoms with Crippen LogP contribution in [-0.4, -0.2) is 25.8 Å². The molecule has 1 aliphatic carbocycles. The highest BCUT2D eigenvalue weighted by Gasteiger charge is 2.38. The highest BCUT2D eigenvalue weighted by Crippen LogP contribution is 2.40. The fourth-order valence-electron chi connectivity index (χ4n) is 2.90. The van der Waals surface area contributed by atoms with Crippen LogP contribution in [0.5, 0.6) is 11.5 Å². The van der Waals surface area contributed by atoms with E-state index in [0.717, 1.165) is 12.1 Å². The quantitative estimate of drug-likeness (QED) is 0.729. The van der Waals surface area contributed by atoms with E-state index in [1.807, 2.05) is 0 Å². The fourth-order valence-corrected chi connectivity index (χ4v) is 2.90. The Morgan fingerprint density at radius 3 is 2.04 bits per heavy atom. The molecule has 0 saturated heterocycles. The minimum absolute atomic E-state index is 0.0255. The molecule has 118 valence electrons. The molecule has 4 nitrogen and oxygen atoms in total. The van der Waals surface area contributed by atoms with Crippen LogP contribution in [0.15, 0.2) is 18.2 Å². The lowest BCUT2D eigenvalue weighted by molar-refractivity contribution is 0.0972. The molecule has 1 aliphatic rings. The SMILES string of the molecule is COc1c(F)ccc2c1C(=O)c1c(OC)c(F)cc(C)c1C2=O. The second kappa shape index (κ2) is 5.15. The molecule has 0 radical (unpaired) electrons. The first-order chi connectivity index (χ1) is 10.9. The molecule has 3 rings (SSSR count). The van der Waals surface area contributed by atoms with Crippen LogP contribution in [0.3, 0.4) is 0 Å². The van der Waals surface area contributed by atoms with E-state index in [2.05, 4.69) is 0 Å². The van der Waals surface area contributed by atoms with Crippen LogP contribution in [0, 0.1) is 18.6 Å². The summed E-state index contributed by atoms with van der Waals surface area (Å²) in [4.78, 5) is 25.5. The summed E-state index contributed by atoms with van der Waals surface area (Å²) in [5.41, 5.74) is -0.0165. The molecule has 0 spiro atoms. The Labute approximate surface area is 130 Å². The Bertz CT molecular complexity index is 872. The topological polar surface area (TPSA) is 52.6 Å². The van der Waals surface area contributed by atoms with Gasteiger partial charge in [-0.1, -0.05) is 0 Å². The molecule has 0 amide bonds. The average molecular weight is 318 g/mol. The standard InChI is InChI=1S/C17H12F2O4/c1-7-6-10(19)17(23-3)13-11(7)14(20)8-4-5-9(18)16(22-2)12(8)15(13)21/h4-6H,1-3H3. The largest absolute Gasteiger partial charge is 0.493 e. The van der Waals surface area contributed by atoms with Crippen LogP contribution in [0.1, 0.15) is 37.4 Å². The highest BCUT2D eigenvalue weighted by atomic mass is 19.1. The summed E-state index contributed by atoms with van der Waals surface area (Å²) in [6.07, 6.45) is 0. The van der Waals surface area contributed by atoms with Gasteiger partial charge in [-0.25, -0.2) is 8.78 Å². The van der Waals surface area contributed by atoms with Crippen molar-refractivity contribution in [1.29, 1.82) is 0 Å². The molecule has 0 aromatic heterocycles. The summed E-state index contributed by atoms with van der Waals surface area (Å²) < 4.78 is 37.9.